The van der Waals surface area contributed by atoms with Gasteiger partial charge >= 0.3 is 5.97 Å². The fourth-order valence-corrected chi connectivity index (χ4v) is 2.42. The van der Waals surface area contributed by atoms with Gasteiger partial charge in [0, 0.05) is 16.1 Å². The first kappa shape index (κ1) is 20.5. The second-order valence-corrected chi connectivity index (χ2v) is 7.60. The molecule has 3 N–H and O–H groups in total. The molecule has 142 valence electrons. The topological polar surface area (TPSA) is 81.1 Å². The second-order valence-electron chi connectivity index (χ2n) is 7.16. The number of anilines is 1. The number of benzene rings is 2. The molecular formula is C21H24ClN3O2. The molecule has 27 heavy (non-hydrogen) atoms. The van der Waals surface area contributed by atoms with Crippen LogP contribution in [0.1, 0.15) is 42.5 Å². The number of nitrogens with two attached hydrogens (primary N) is 1. The average molecular weight is 386 g/mol. The number of aromatic carboxylic acids is 1. The van der Waals surface area contributed by atoms with Gasteiger partial charge in [-0.1, -0.05) is 62.7 Å². The fraction of sp³-hybridized carbons (Fsp3) is 0.238. The molecule has 1 aromatic heterocycles. The first-order valence-electron chi connectivity index (χ1n) is 8.53. The van der Waals surface area contributed by atoms with Gasteiger partial charge < -0.3 is 10.8 Å². The third kappa shape index (κ3) is 6.15. The Morgan fingerprint density at radius 1 is 1.11 bits per heavy atom. The molecule has 0 saturated carbocycles. The lowest BCUT2D eigenvalue weighted by molar-refractivity contribution is 0.0684. The number of nitrogen functional groups attached to an aromatic ring is 1. The number of carbonyl (C=O) groups is 1. The van der Waals surface area contributed by atoms with Crippen LogP contribution in [0.3, 0.4) is 0 Å². The summed E-state index contributed by atoms with van der Waals surface area (Å²) in [5.41, 5.74) is 8.01. The normalized spacial score (nSPS) is 10.8. The van der Waals surface area contributed by atoms with Crippen molar-refractivity contribution in [1.82, 2.24) is 9.78 Å². The number of carboxylic acid groups (broad SMARTS) is 1. The number of halogens is 1. The Labute approximate surface area is 164 Å². The van der Waals surface area contributed by atoms with Crippen LogP contribution >= 0.6 is 11.6 Å². The minimum Gasteiger partial charge on any atom is -0.477 e. The van der Waals surface area contributed by atoms with Crippen molar-refractivity contribution < 1.29 is 9.90 Å². The Balaban J connectivity index is 0.000000273. The van der Waals surface area contributed by atoms with E-state index in [0.29, 0.717) is 6.54 Å². The third-order valence-electron chi connectivity index (χ3n) is 3.81. The van der Waals surface area contributed by atoms with E-state index in [0.717, 1.165) is 22.0 Å². The number of hydrogen-bond acceptors (Lipinski definition) is 3. The van der Waals surface area contributed by atoms with Crippen molar-refractivity contribution >= 4 is 23.3 Å². The van der Waals surface area contributed by atoms with Crippen LogP contribution < -0.4 is 5.73 Å². The molecule has 0 aliphatic rings. The van der Waals surface area contributed by atoms with Crippen LogP contribution in [-0.2, 0) is 12.0 Å². The molecule has 0 radical (unpaired) electrons. The number of nitrogens with zero attached hydrogens (tertiary/aromatic N) is 2. The quantitative estimate of drug-likeness (QED) is 0.631. The zero-order valence-corrected chi connectivity index (χ0v) is 16.4. The Hall–Kier alpha value is -2.79. The van der Waals surface area contributed by atoms with Crippen molar-refractivity contribution in [2.24, 2.45) is 0 Å². The Kier molecular flexibility index (Phi) is 6.64. The minimum absolute atomic E-state index is 0.161. The molecule has 2 aromatic carbocycles. The van der Waals surface area contributed by atoms with E-state index >= 15 is 0 Å². The van der Waals surface area contributed by atoms with E-state index in [4.69, 9.17) is 17.3 Å². The predicted octanol–water partition coefficient (Wildman–Crippen LogP) is 4.85. The fourth-order valence-electron chi connectivity index (χ4n) is 2.30. The van der Waals surface area contributed by atoms with Crippen molar-refractivity contribution in [3.8, 4) is 0 Å². The van der Waals surface area contributed by atoms with E-state index in [1.807, 2.05) is 51.1 Å². The van der Waals surface area contributed by atoms with E-state index < -0.39 is 5.97 Å². The highest BCUT2D eigenvalue weighted by Crippen LogP contribution is 2.22. The molecule has 0 saturated heterocycles. The van der Waals surface area contributed by atoms with Gasteiger partial charge in [0.05, 0.1) is 12.2 Å². The van der Waals surface area contributed by atoms with Gasteiger partial charge in [0.25, 0.3) is 0 Å². The lowest BCUT2D eigenvalue weighted by Gasteiger charge is -2.14. The molecule has 0 fully saturated rings. The highest BCUT2D eigenvalue weighted by atomic mass is 35.5. The van der Waals surface area contributed by atoms with Gasteiger partial charge in [0.15, 0.2) is 0 Å². The highest BCUT2D eigenvalue weighted by Gasteiger charge is 2.22. The molecule has 0 atom stereocenters. The van der Waals surface area contributed by atoms with Crippen LogP contribution in [0.25, 0.3) is 0 Å². The van der Waals surface area contributed by atoms with Crippen LogP contribution in [-0.4, -0.2) is 20.9 Å². The summed E-state index contributed by atoms with van der Waals surface area (Å²) in [5, 5.41) is 14.4. The van der Waals surface area contributed by atoms with Crippen LogP contribution in [0.4, 0.5) is 5.69 Å². The number of carboxylic acids is 1. The Bertz CT molecular complexity index is 861. The summed E-state index contributed by atoms with van der Waals surface area (Å²) < 4.78 is 1.55. The van der Waals surface area contributed by atoms with Crippen molar-refractivity contribution in [3.05, 3.63) is 82.6 Å². The molecule has 1 heterocycles. The number of aromatic nitrogens is 2. The smallest absolute Gasteiger partial charge is 0.354 e. The van der Waals surface area contributed by atoms with Gasteiger partial charge in [-0.15, -0.1) is 0 Å². The minimum atomic E-state index is -0.945. The first-order chi connectivity index (χ1) is 12.7. The van der Waals surface area contributed by atoms with Crippen LogP contribution in [0.2, 0.25) is 5.02 Å². The predicted molar refractivity (Wildman–Crippen MR) is 109 cm³/mol. The summed E-state index contributed by atoms with van der Waals surface area (Å²) in [7, 11) is 0. The van der Waals surface area contributed by atoms with Crippen LogP contribution in [0.15, 0.2) is 60.7 Å². The van der Waals surface area contributed by atoms with Gasteiger partial charge in [-0.3, -0.25) is 4.68 Å². The molecule has 5 nitrogen and oxygen atoms in total. The zero-order chi connectivity index (χ0) is 20.0. The maximum absolute atomic E-state index is 11.3. The Morgan fingerprint density at radius 3 is 2.19 bits per heavy atom. The maximum Gasteiger partial charge on any atom is 0.354 e. The van der Waals surface area contributed by atoms with E-state index in [9.17, 15) is 9.90 Å². The molecule has 0 aliphatic carbocycles. The molecule has 6 heteroatoms. The molecule has 0 spiro atoms. The van der Waals surface area contributed by atoms with Crippen molar-refractivity contribution in [2.45, 2.75) is 32.7 Å². The standard InChI is InChI=1S/C15H18N2O2.C6H6ClN/c1-15(2,3)13-9-12(14(18)19)17(16-13)10-11-7-5-4-6-8-11;7-5-1-3-6(8)4-2-5/h4-9H,10H2,1-3H3,(H,18,19);1-4H,8H2. The molecule has 3 aromatic rings. The summed E-state index contributed by atoms with van der Waals surface area (Å²) in [6.07, 6.45) is 0. The zero-order valence-electron chi connectivity index (χ0n) is 15.7. The summed E-state index contributed by atoms with van der Waals surface area (Å²) in [4.78, 5) is 11.3. The van der Waals surface area contributed by atoms with E-state index in [-0.39, 0.29) is 11.1 Å². The summed E-state index contributed by atoms with van der Waals surface area (Å²) in [6.45, 7) is 6.54. The van der Waals surface area contributed by atoms with Gasteiger partial charge in [-0.05, 0) is 35.9 Å². The van der Waals surface area contributed by atoms with Crippen LogP contribution in [0, 0.1) is 0 Å². The summed E-state index contributed by atoms with van der Waals surface area (Å²) in [5.74, 6) is -0.945. The van der Waals surface area contributed by atoms with Crippen molar-refractivity contribution in [2.75, 3.05) is 5.73 Å². The van der Waals surface area contributed by atoms with Gasteiger partial charge in [0.2, 0.25) is 0 Å². The lowest BCUT2D eigenvalue weighted by atomic mass is 9.92. The molecule has 0 amide bonds. The summed E-state index contributed by atoms with van der Waals surface area (Å²) >= 11 is 5.56. The first-order valence-corrected chi connectivity index (χ1v) is 8.91. The van der Waals surface area contributed by atoms with E-state index in [1.165, 1.54) is 0 Å². The van der Waals surface area contributed by atoms with Crippen molar-refractivity contribution in [1.29, 1.82) is 0 Å². The Morgan fingerprint density at radius 2 is 1.70 bits per heavy atom. The molecule has 0 bridgehead atoms. The van der Waals surface area contributed by atoms with Gasteiger partial charge in [0.1, 0.15) is 5.69 Å². The van der Waals surface area contributed by atoms with E-state index in [2.05, 4.69) is 5.10 Å². The van der Waals surface area contributed by atoms with Gasteiger partial charge in [-0.2, -0.15) is 5.10 Å². The molecule has 0 unspecified atom stereocenters. The summed E-state index contributed by atoms with van der Waals surface area (Å²) in [6, 6.07) is 18.4. The van der Waals surface area contributed by atoms with Crippen molar-refractivity contribution in [3.63, 3.8) is 0 Å². The largest absolute Gasteiger partial charge is 0.477 e. The monoisotopic (exact) mass is 385 g/mol. The SMILES string of the molecule is CC(C)(C)c1cc(C(=O)O)n(Cc2ccccc2)n1.Nc1ccc(Cl)cc1. The number of hydrogen-bond donors (Lipinski definition) is 2. The van der Waals surface area contributed by atoms with Gasteiger partial charge in [-0.25, -0.2) is 4.79 Å². The third-order valence-corrected chi connectivity index (χ3v) is 4.06. The molecule has 3 rings (SSSR count). The number of rotatable bonds is 3. The highest BCUT2D eigenvalue weighted by molar-refractivity contribution is 6.30. The lowest BCUT2D eigenvalue weighted by Crippen LogP contribution is -2.14. The average Bonchev–Trinajstić information content (AvgIpc) is 3.03. The molecular weight excluding hydrogens is 362 g/mol. The maximum atomic E-state index is 11.3. The van der Waals surface area contributed by atoms with E-state index in [1.54, 1.807) is 35.0 Å². The second kappa shape index (κ2) is 8.73. The molecule has 0 aliphatic heterocycles. The van der Waals surface area contributed by atoms with Crippen LogP contribution in [0.5, 0.6) is 0 Å².